The van der Waals surface area contributed by atoms with Crippen LogP contribution in [0.2, 0.25) is 0 Å². The Balaban J connectivity index is 2.28. The van der Waals surface area contributed by atoms with E-state index in [0.29, 0.717) is 28.1 Å². The Bertz CT molecular complexity index is 804. The van der Waals surface area contributed by atoms with E-state index in [1.165, 1.54) is 12.0 Å². The van der Waals surface area contributed by atoms with Gasteiger partial charge >= 0.3 is 5.97 Å². The van der Waals surface area contributed by atoms with Crippen molar-refractivity contribution in [3.8, 4) is 10.6 Å². The average molecular weight is 288 g/mol. The van der Waals surface area contributed by atoms with Gasteiger partial charge in [0.1, 0.15) is 0 Å². The number of hydrogen-bond donors (Lipinski definition) is 0. The molecular weight excluding hydrogens is 276 g/mol. The molecule has 0 aliphatic heterocycles. The first kappa shape index (κ1) is 12.8. The molecule has 0 saturated carbocycles. The second-order valence-corrected chi connectivity index (χ2v) is 5.69. The highest BCUT2D eigenvalue weighted by Gasteiger charge is 2.20. The maximum Gasteiger partial charge on any atom is 0.338 e. The Labute approximate surface area is 119 Å². The van der Waals surface area contributed by atoms with Crippen molar-refractivity contribution in [3.05, 3.63) is 34.3 Å². The third-order valence-corrected chi connectivity index (χ3v) is 4.04. The number of hydrogen-bond acceptors (Lipinski definition) is 6. The van der Waals surface area contributed by atoms with Gasteiger partial charge in [0, 0.05) is 4.88 Å². The van der Waals surface area contributed by atoms with Gasteiger partial charge in [-0.25, -0.2) is 9.78 Å². The number of thiophene rings is 1. The van der Waals surface area contributed by atoms with Crippen LogP contribution < -0.4 is 0 Å². The molecule has 20 heavy (non-hydrogen) atoms. The third-order valence-electron chi connectivity index (χ3n) is 3.02. The number of ether oxygens (including phenoxy) is 1. The molecule has 0 bridgehead atoms. The van der Waals surface area contributed by atoms with E-state index in [9.17, 15) is 4.79 Å². The van der Waals surface area contributed by atoms with Crippen LogP contribution in [0, 0.1) is 13.8 Å². The number of aromatic nitrogens is 2. The molecule has 0 aromatic carbocycles. The van der Waals surface area contributed by atoms with Crippen molar-refractivity contribution in [2.75, 3.05) is 7.11 Å². The van der Waals surface area contributed by atoms with E-state index in [4.69, 9.17) is 9.26 Å². The van der Waals surface area contributed by atoms with Crippen molar-refractivity contribution in [1.29, 1.82) is 0 Å². The summed E-state index contributed by atoms with van der Waals surface area (Å²) in [4.78, 5) is 18.5. The lowest BCUT2D eigenvalue weighted by molar-refractivity contribution is 0.0603. The van der Waals surface area contributed by atoms with Gasteiger partial charge in [-0.05, 0) is 32.0 Å². The van der Waals surface area contributed by atoms with E-state index in [1.54, 1.807) is 24.3 Å². The van der Waals surface area contributed by atoms with Gasteiger partial charge in [0.15, 0.2) is 0 Å². The Kier molecular flexibility index (Phi) is 3.02. The minimum atomic E-state index is -0.418. The molecule has 3 aromatic rings. The molecule has 0 amide bonds. The lowest BCUT2D eigenvalue weighted by Crippen LogP contribution is -2.03. The second kappa shape index (κ2) is 4.72. The number of esters is 1. The van der Waals surface area contributed by atoms with E-state index in [1.807, 2.05) is 19.1 Å². The summed E-state index contributed by atoms with van der Waals surface area (Å²) in [6.45, 7) is 3.79. The molecule has 0 aliphatic rings. The summed E-state index contributed by atoms with van der Waals surface area (Å²) in [5.74, 6) is -0.418. The summed E-state index contributed by atoms with van der Waals surface area (Å²) >= 11 is 1.61. The summed E-state index contributed by atoms with van der Waals surface area (Å²) in [7, 11) is 1.35. The maximum atomic E-state index is 12.0. The van der Waals surface area contributed by atoms with Gasteiger partial charge in [-0.1, -0.05) is 5.16 Å². The first-order valence-corrected chi connectivity index (χ1v) is 6.84. The lowest BCUT2D eigenvalue weighted by atomic mass is 10.1. The molecule has 102 valence electrons. The first-order valence-electron chi connectivity index (χ1n) is 6.02. The van der Waals surface area contributed by atoms with Gasteiger partial charge in [0.25, 0.3) is 5.71 Å². The maximum absolute atomic E-state index is 12.0. The fourth-order valence-corrected chi connectivity index (χ4v) is 2.89. The summed E-state index contributed by atoms with van der Waals surface area (Å²) in [6, 6.07) is 5.71. The highest BCUT2D eigenvalue weighted by molar-refractivity contribution is 7.15. The molecule has 0 fully saturated rings. The van der Waals surface area contributed by atoms with Crippen LogP contribution in [0.1, 0.15) is 20.9 Å². The van der Waals surface area contributed by atoms with Crippen molar-refractivity contribution < 1.29 is 14.1 Å². The van der Waals surface area contributed by atoms with Crippen LogP contribution in [0.15, 0.2) is 22.7 Å². The van der Waals surface area contributed by atoms with Crippen molar-refractivity contribution in [1.82, 2.24) is 10.1 Å². The standard InChI is InChI=1S/C14H12N2O3S/c1-7-4-5-11(20-7)10-6-9(14(17)18-3)12-8(2)16-19-13(12)15-10/h4-6H,1-3H3. The SMILES string of the molecule is COC(=O)c1cc(-c2ccc(C)s2)nc2onc(C)c12. The summed E-state index contributed by atoms with van der Waals surface area (Å²) in [5, 5.41) is 4.48. The molecule has 6 heteroatoms. The van der Waals surface area contributed by atoms with Gasteiger partial charge in [0.05, 0.1) is 34.3 Å². The summed E-state index contributed by atoms with van der Waals surface area (Å²) in [5.41, 5.74) is 2.10. The predicted octanol–water partition coefficient (Wildman–Crippen LogP) is 3.35. The zero-order valence-electron chi connectivity index (χ0n) is 11.3. The van der Waals surface area contributed by atoms with Crippen LogP contribution >= 0.6 is 11.3 Å². The predicted molar refractivity (Wildman–Crippen MR) is 75.9 cm³/mol. The van der Waals surface area contributed by atoms with E-state index >= 15 is 0 Å². The van der Waals surface area contributed by atoms with Gasteiger partial charge in [0.2, 0.25) is 0 Å². The molecule has 3 rings (SSSR count). The largest absolute Gasteiger partial charge is 0.465 e. The lowest BCUT2D eigenvalue weighted by Gasteiger charge is -2.03. The van der Waals surface area contributed by atoms with Crippen LogP contribution in [-0.2, 0) is 4.74 Å². The number of fused-ring (bicyclic) bond motifs is 1. The number of pyridine rings is 1. The molecule has 0 N–H and O–H groups in total. The van der Waals surface area contributed by atoms with E-state index in [2.05, 4.69) is 10.1 Å². The number of methoxy groups -OCH3 is 1. The zero-order chi connectivity index (χ0) is 14.3. The molecule has 0 unspecified atom stereocenters. The zero-order valence-corrected chi connectivity index (χ0v) is 12.1. The quantitative estimate of drug-likeness (QED) is 0.676. The van der Waals surface area contributed by atoms with E-state index in [0.717, 1.165) is 4.88 Å². The average Bonchev–Trinajstić information content (AvgIpc) is 3.04. The van der Waals surface area contributed by atoms with Crippen molar-refractivity contribution in [3.63, 3.8) is 0 Å². The molecule has 3 heterocycles. The number of carbonyl (C=O) groups is 1. The minimum Gasteiger partial charge on any atom is -0.465 e. The van der Waals surface area contributed by atoms with Crippen LogP contribution in [-0.4, -0.2) is 23.2 Å². The Morgan fingerprint density at radius 3 is 2.80 bits per heavy atom. The van der Waals surface area contributed by atoms with E-state index in [-0.39, 0.29) is 0 Å². The highest BCUT2D eigenvalue weighted by atomic mass is 32.1. The van der Waals surface area contributed by atoms with Crippen LogP contribution in [0.5, 0.6) is 0 Å². The first-order chi connectivity index (χ1) is 9.60. The van der Waals surface area contributed by atoms with Crippen LogP contribution in [0.4, 0.5) is 0 Å². The summed E-state index contributed by atoms with van der Waals surface area (Å²) < 4.78 is 10.0. The van der Waals surface area contributed by atoms with Crippen LogP contribution in [0.3, 0.4) is 0 Å². The smallest absolute Gasteiger partial charge is 0.338 e. The molecule has 3 aromatic heterocycles. The Hall–Kier alpha value is -2.21. The third kappa shape index (κ3) is 1.98. The van der Waals surface area contributed by atoms with Gasteiger partial charge in [-0.2, -0.15) is 0 Å². The molecule has 0 aliphatic carbocycles. The topological polar surface area (TPSA) is 65.2 Å². The number of nitrogens with zero attached hydrogens (tertiary/aromatic N) is 2. The highest BCUT2D eigenvalue weighted by Crippen LogP contribution is 2.31. The van der Waals surface area contributed by atoms with Crippen LogP contribution in [0.25, 0.3) is 21.7 Å². The van der Waals surface area contributed by atoms with Gasteiger partial charge in [-0.15, -0.1) is 11.3 Å². The second-order valence-electron chi connectivity index (χ2n) is 4.41. The molecule has 0 spiro atoms. The monoisotopic (exact) mass is 288 g/mol. The number of rotatable bonds is 2. The van der Waals surface area contributed by atoms with E-state index < -0.39 is 5.97 Å². The number of aryl methyl sites for hydroxylation is 2. The molecule has 0 saturated heterocycles. The molecule has 0 atom stereocenters. The number of carbonyl (C=O) groups excluding carboxylic acids is 1. The molecular formula is C14H12N2O3S. The molecule has 0 radical (unpaired) electrons. The van der Waals surface area contributed by atoms with Gasteiger partial charge < -0.3 is 9.26 Å². The fourth-order valence-electron chi connectivity index (χ4n) is 2.06. The minimum absolute atomic E-state index is 0.353. The Morgan fingerprint density at radius 1 is 1.35 bits per heavy atom. The molecule has 5 nitrogen and oxygen atoms in total. The Morgan fingerprint density at radius 2 is 2.15 bits per heavy atom. The van der Waals surface area contributed by atoms with Gasteiger partial charge in [-0.3, -0.25) is 0 Å². The fraction of sp³-hybridized carbons (Fsp3) is 0.214. The van der Waals surface area contributed by atoms with Crippen molar-refractivity contribution in [2.45, 2.75) is 13.8 Å². The van der Waals surface area contributed by atoms with Crippen molar-refractivity contribution in [2.24, 2.45) is 0 Å². The summed E-state index contributed by atoms with van der Waals surface area (Å²) in [6.07, 6.45) is 0. The normalized spacial score (nSPS) is 10.9. The van der Waals surface area contributed by atoms with Crippen molar-refractivity contribution >= 4 is 28.4 Å².